The summed E-state index contributed by atoms with van der Waals surface area (Å²) in [4.78, 5) is 4.02. The minimum absolute atomic E-state index is 0.229. The number of benzene rings is 1. The molecule has 6 heteroatoms. The van der Waals surface area contributed by atoms with Crippen molar-refractivity contribution in [3.8, 4) is 17.6 Å². The maximum atomic E-state index is 13.8. The van der Waals surface area contributed by atoms with Crippen molar-refractivity contribution in [2.45, 2.75) is 13.0 Å². The third-order valence-corrected chi connectivity index (χ3v) is 2.75. The van der Waals surface area contributed by atoms with Gasteiger partial charge in [-0.1, -0.05) is 11.8 Å². The molecule has 0 fully saturated rings. The van der Waals surface area contributed by atoms with Crippen molar-refractivity contribution in [3.63, 3.8) is 0 Å². The fourth-order valence-corrected chi connectivity index (χ4v) is 1.59. The Morgan fingerprint density at radius 1 is 1.45 bits per heavy atom. The summed E-state index contributed by atoms with van der Waals surface area (Å²) < 4.78 is 20.8. The highest BCUT2D eigenvalue weighted by molar-refractivity contribution is 6.18. The molecule has 0 bridgehead atoms. The van der Waals surface area contributed by atoms with E-state index < -0.39 is 5.82 Å². The van der Waals surface area contributed by atoms with Crippen LogP contribution in [-0.4, -0.2) is 20.6 Å². The topological polar surface area (TPSA) is 39.9 Å². The Bertz CT molecular complexity index is 645. The van der Waals surface area contributed by atoms with Crippen LogP contribution in [0.4, 0.5) is 4.39 Å². The summed E-state index contributed by atoms with van der Waals surface area (Å²) in [6.07, 6.45) is 1.97. The van der Waals surface area contributed by atoms with Gasteiger partial charge in [-0.15, -0.1) is 11.6 Å². The zero-order valence-electron chi connectivity index (χ0n) is 10.9. The number of hydrogen-bond donors (Lipinski definition) is 0. The first-order valence-electron chi connectivity index (χ1n) is 6.01. The molecule has 0 saturated heterocycles. The molecule has 0 unspecified atom stereocenters. The smallest absolute Gasteiger partial charge is 0.164 e. The zero-order valence-corrected chi connectivity index (χ0v) is 11.7. The standard InChI is InChI=1S/C14H13ClFN3O/c1-19-14(17-10-18-19)9-20-12-6-5-11(13(16)8-12)4-2-3-7-15/h5-6,8,10H,3,7,9H2,1H3. The number of rotatable bonds is 4. The number of ether oxygens (including phenoxy) is 1. The van der Waals surface area contributed by atoms with Gasteiger partial charge in [0.15, 0.2) is 5.82 Å². The van der Waals surface area contributed by atoms with Gasteiger partial charge >= 0.3 is 0 Å². The summed E-state index contributed by atoms with van der Waals surface area (Å²) in [5, 5.41) is 3.92. The SMILES string of the molecule is Cn1ncnc1COc1ccc(C#CCCCl)c(F)c1. The number of hydrogen-bond acceptors (Lipinski definition) is 3. The van der Waals surface area contributed by atoms with Crippen molar-refractivity contribution in [1.82, 2.24) is 14.8 Å². The quantitative estimate of drug-likeness (QED) is 0.642. The number of halogens is 2. The van der Waals surface area contributed by atoms with Gasteiger partial charge in [0.2, 0.25) is 0 Å². The third kappa shape index (κ3) is 3.72. The fourth-order valence-electron chi connectivity index (χ4n) is 1.49. The molecule has 0 aliphatic heterocycles. The van der Waals surface area contributed by atoms with Crippen LogP contribution in [0.3, 0.4) is 0 Å². The second kappa shape index (κ2) is 6.92. The molecule has 0 radical (unpaired) electrons. The van der Waals surface area contributed by atoms with Crippen LogP contribution in [0.25, 0.3) is 0 Å². The van der Waals surface area contributed by atoms with Crippen molar-refractivity contribution in [2.24, 2.45) is 7.05 Å². The Morgan fingerprint density at radius 3 is 2.95 bits per heavy atom. The fraction of sp³-hybridized carbons (Fsp3) is 0.286. The van der Waals surface area contributed by atoms with Crippen molar-refractivity contribution >= 4 is 11.6 Å². The Morgan fingerprint density at radius 2 is 2.30 bits per heavy atom. The van der Waals surface area contributed by atoms with E-state index in [-0.39, 0.29) is 6.61 Å². The van der Waals surface area contributed by atoms with E-state index in [9.17, 15) is 4.39 Å². The van der Waals surface area contributed by atoms with Crippen LogP contribution in [0.2, 0.25) is 0 Å². The summed E-state index contributed by atoms with van der Waals surface area (Å²) in [5.41, 5.74) is 0.334. The average molecular weight is 294 g/mol. The highest BCUT2D eigenvalue weighted by Crippen LogP contribution is 2.17. The lowest BCUT2D eigenvalue weighted by molar-refractivity contribution is 0.288. The lowest BCUT2D eigenvalue weighted by atomic mass is 10.2. The number of alkyl halides is 1. The molecule has 0 spiro atoms. The van der Waals surface area contributed by atoms with Gasteiger partial charge in [-0.2, -0.15) is 5.10 Å². The van der Waals surface area contributed by atoms with Crippen LogP contribution in [0.5, 0.6) is 5.75 Å². The van der Waals surface area contributed by atoms with Gasteiger partial charge in [0.1, 0.15) is 24.5 Å². The van der Waals surface area contributed by atoms with E-state index in [0.717, 1.165) is 0 Å². The molecule has 0 amide bonds. The molecular weight excluding hydrogens is 281 g/mol. The lowest BCUT2D eigenvalue weighted by Crippen LogP contribution is -2.04. The third-order valence-electron chi connectivity index (χ3n) is 2.56. The molecule has 2 aromatic rings. The monoisotopic (exact) mass is 293 g/mol. The first-order chi connectivity index (χ1) is 9.70. The largest absolute Gasteiger partial charge is 0.486 e. The van der Waals surface area contributed by atoms with Crippen molar-refractivity contribution in [2.75, 3.05) is 5.88 Å². The Labute approximate surface area is 121 Å². The van der Waals surface area contributed by atoms with Gasteiger partial charge < -0.3 is 4.74 Å². The number of nitrogens with zero attached hydrogens (tertiary/aromatic N) is 3. The number of aryl methyl sites for hydroxylation is 1. The molecule has 0 saturated carbocycles. The Hall–Kier alpha value is -2.06. The van der Waals surface area contributed by atoms with E-state index >= 15 is 0 Å². The molecule has 0 aliphatic carbocycles. The van der Waals surface area contributed by atoms with Gasteiger partial charge in [0.25, 0.3) is 0 Å². The van der Waals surface area contributed by atoms with Gasteiger partial charge in [-0.3, -0.25) is 4.68 Å². The molecule has 2 rings (SSSR count). The van der Waals surface area contributed by atoms with Gasteiger partial charge in [0, 0.05) is 25.4 Å². The molecule has 1 aromatic carbocycles. The summed E-state index contributed by atoms with van der Waals surface area (Å²) in [6.45, 7) is 0.229. The van der Waals surface area contributed by atoms with E-state index in [1.54, 1.807) is 23.9 Å². The molecule has 0 N–H and O–H groups in total. The van der Waals surface area contributed by atoms with Crippen LogP contribution < -0.4 is 4.74 Å². The van der Waals surface area contributed by atoms with Gasteiger partial charge in [-0.25, -0.2) is 9.37 Å². The predicted octanol–water partition coefficient (Wildman–Crippen LogP) is 2.51. The summed E-state index contributed by atoms with van der Waals surface area (Å²) in [7, 11) is 1.77. The molecule has 0 atom stereocenters. The molecule has 1 heterocycles. The summed E-state index contributed by atoms with van der Waals surface area (Å²) >= 11 is 5.51. The summed E-state index contributed by atoms with van der Waals surface area (Å²) in [5.74, 6) is 6.63. The molecule has 0 aliphatic rings. The van der Waals surface area contributed by atoms with Gasteiger partial charge in [0.05, 0.1) is 5.56 Å². The molecule has 4 nitrogen and oxygen atoms in total. The normalized spacial score (nSPS) is 9.95. The van der Waals surface area contributed by atoms with E-state index in [1.165, 1.54) is 12.4 Å². The van der Waals surface area contributed by atoms with Crippen LogP contribution in [0, 0.1) is 17.7 Å². The Kier molecular flexibility index (Phi) is 4.97. The highest BCUT2D eigenvalue weighted by atomic mass is 35.5. The molecule has 20 heavy (non-hydrogen) atoms. The second-order valence-electron chi connectivity index (χ2n) is 3.97. The Balaban J connectivity index is 2.02. The van der Waals surface area contributed by atoms with Crippen molar-refractivity contribution < 1.29 is 9.13 Å². The van der Waals surface area contributed by atoms with Crippen molar-refractivity contribution in [3.05, 3.63) is 41.7 Å². The molecule has 104 valence electrons. The maximum Gasteiger partial charge on any atom is 0.164 e. The van der Waals surface area contributed by atoms with Gasteiger partial charge in [-0.05, 0) is 12.1 Å². The minimum atomic E-state index is -0.414. The van der Waals surface area contributed by atoms with Crippen LogP contribution in [0.15, 0.2) is 24.5 Å². The van der Waals surface area contributed by atoms with E-state index in [2.05, 4.69) is 21.9 Å². The second-order valence-corrected chi connectivity index (χ2v) is 4.35. The molecule has 1 aromatic heterocycles. The maximum absolute atomic E-state index is 13.8. The highest BCUT2D eigenvalue weighted by Gasteiger charge is 2.05. The first kappa shape index (κ1) is 14.4. The summed E-state index contributed by atoms with van der Waals surface area (Å²) in [6, 6.07) is 4.56. The van der Waals surface area contributed by atoms with Crippen LogP contribution >= 0.6 is 11.6 Å². The van der Waals surface area contributed by atoms with Crippen LogP contribution in [0.1, 0.15) is 17.8 Å². The van der Waals surface area contributed by atoms with E-state index in [0.29, 0.717) is 29.4 Å². The van der Waals surface area contributed by atoms with E-state index in [1.807, 2.05) is 0 Å². The molecular formula is C14H13ClFN3O. The minimum Gasteiger partial charge on any atom is -0.486 e. The predicted molar refractivity (Wildman–Crippen MR) is 74.0 cm³/mol. The van der Waals surface area contributed by atoms with Crippen LogP contribution in [-0.2, 0) is 13.7 Å². The van der Waals surface area contributed by atoms with Crippen molar-refractivity contribution in [1.29, 1.82) is 0 Å². The van der Waals surface area contributed by atoms with E-state index in [4.69, 9.17) is 16.3 Å². The number of aromatic nitrogens is 3. The average Bonchev–Trinajstić information content (AvgIpc) is 2.84. The zero-order chi connectivity index (χ0) is 14.4. The lowest BCUT2D eigenvalue weighted by Gasteiger charge is -2.06. The first-order valence-corrected chi connectivity index (χ1v) is 6.54.